The van der Waals surface area contributed by atoms with E-state index in [-0.39, 0.29) is 6.10 Å². The molecule has 0 unspecified atom stereocenters. The summed E-state index contributed by atoms with van der Waals surface area (Å²) in [5.74, 6) is 0. The van der Waals surface area contributed by atoms with Crippen LogP contribution < -0.4 is 0 Å². The molecule has 0 aliphatic rings. The molecular formula is C8H18O3. The van der Waals surface area contributed by atoms with Gasteiger partial charge in [0, 0.05) is 20.3 Å². The van der Waals surface area contributed by atoms with Crippen LogP contribution in [0.3, 0.4) is 0 Å². The van der Waals surface area contributed by atoms with Crippen LogP contribution in [0.1, 0.15) is 13.8 Å². The lowest BCUT2D eigenvalue weighted by molar-refractivity contribution is -0.0363. The Kier molecular flexibility index (Phi) is 7.89. The molecule has 3 nitrogen and oxygen atoms in total. The third kappa shape index (κ3) is 6.28. The molecule has 0 saturated heterocycles. The minimum atomic E-state index is 0.0786. The number of hydrogen-bond acceptors (Lipinski definition) is 3. The van der Waals surface area contributed by atoms with Crippen LogP contribution in [0.5, 0.6) is 0 Å². The van der Waals surface area contributed by atoms with E-state index in [1.807, 2.05) is 13.8 Å². The second-order valence-electron chi connectivity index (χ2n) is 2.18. The van der Waals surface area contributed by atoms with E-state index in [4.69, 9.17) is 14.2 Å². The quantitative estimate of drug-likeness (QED) is 0.560. The smallest absolute Gasteiger partial charge is 0.104 e. The summed E-state index contributed by atoms with van der Waals surface area (Å²) in [4.78, 5) is 0. The third-order valence-electron chi connectivity index (χ3n) is 1.35. The van der Waals surface area contributed by atoms with Crippen LogP contribution in [0.2, 0.25) is 0 Å². The Bertz CT molecular complexity index is 67.7. The largest absolute Gasteiger partial charge is 0.379 e. The molecule has 0 aromatic heterocycles. The number of hydrogen-bond donors (Lipinski definition) is 0. The molecule has 0 aromatic rings. The minimum Gasteiger partial charge on any atom is -0.379 e. The molecule has 68 valence electrons. The second-order valence-corrected chi connectivity index (χ2v) is 2.18. The lowest BCUT2D eigenvalue weighted by Crippen LogP contribution is -2.24. The van der Waals surface area contributed by atoms with Crippen molar-refractivity contribution < 1.29 is 14.2 Å². The SMILES string of the molecule is CCOCC(COCC)OC. The van der Waals surface area contributed by atoms with Gasteiger partial charge in [-0.2, -0.15) is 0 Å². The molecule has 0 bridgehead atoms. The van der Waals surface area contributed by atoms with Crippen LogP contribution in [0.25, 0.3) is 0 Å². The van der Waals surface area contributed by atoms with Crippen LogP contribution in [0.4, 0.5) is 0 Å². The molecule has 11 heavy (non-hydrogen) atoms. The van der Waals surface area contributed by atoms with Gasteiger partial charge in [0.25, 0.3) is 0 Å². The third-order valence-corrected chi connectivity index (χ3v) is 1.35. The van der Waals surface area contributed by atoms with E-state index < -0.39 is 0 Å². The summed E-state index contributed by atoms with van der Waals surface area (Å²) in [6.07, 6.45) is 0.0786. The highest BCUT2D eigenvalue weighted by molar-refractivity contribution is 4.52. The van der Waals surface area contributed by atoms with Crippen molar-refractivity contribution in [3.8, 4) is 0 Å². The molecule has 0 radical (unpaired) electrons. The lowest BCUT2D eigenvalue weighted by Gasteiger charge is -2.14. The van der Waals surface area contributed by atoms with Crippen molar-refractivity contribution in [1.29, 1.82) is 0 Å². The van der Waals surface area contributed by atoms with E-state index >= 15 is 0 Å². The van der Waals surface area contributed by atoms with Gasteiger partial charge in [0.05, 0.1) is 13.2 Å². The fraction of sp³-hybridized carbons (Fsp3) is 1.00. The fourth-order valence-electron chi connectivity index (χ4n) is 0.683. The first-order valence-corrected chi connectivity index (χ1v) is 4.03. The summed E-state index contributed by atoms with van der Waals surface area (Å²) >= 11 is 0. The van der Waals surface area contributed by atoms with Crippen molar-refractivity contribution in [2.45, 2.75) is 20.0 Å². The molecular weight excluding hydrogens is 144 g/mol. The molecule has 0 aliphatic heterocycles. The average Bonchev–Trinajstić information content (AvgIpc) is 2.05. The van der Waals surface area contributed by atoms with E-state index in [1.54, 1.807) is 7.11 Å². The highest BCUT2D eigenvalue weighted by Gasteiger charge is 2.05. The molecule has 0 aliphatic carbocycles. The monoisotopic (exact) mass is 162 g/mol. The Labute approximate surface area is 68.6 Å². The van der Waals surface area contributed by atoms with Crippen molar-refractivity contribution in [3.05, 3.63) is 0 Å². The second kappa shape index (κ2) is 7.98. The molecule has 3 heteroatoms. The van der Waals surface area contributed by atoms with Crippen molar-refractivity contribution in [1.82, 2.24) is 0 Å². The minimum absolute atomic E-state index is 0.0786. The standard InChI is InChI=1S/C8H18O3/c1-4-10-6-8(9-3)7-11-5-2/h8H,4-7H2,1-3H3. The summed E-state index contributed by atoms with van der Waals surface area (Å²) in [5, 5.41) is 0. The predicted octanol–water partition coefficient (Wildman–Crippen LogP) is 1.07. The maximum Gasteiger partial charge on any atom is 0.104 e. The van der Waals surface area contributed by atoms with Crippen LogP contribution in [-0.2, 0) is 14.2 Å². The van der Waals surface area contributed by atoms with E-state index in [0.29, 0.717) is 13.2 Å². The zero-order valence-electron chi connectivity index (χ0n) is 7.63. The van der Waals surface area contributed by atoms with Gasteiger partial charge in [0.1, 0.15) is 6.10 Å². The molecule has 0 aromatic carbocycles. The van der Waals surface area contributed by atoms with E-state index in [2.05, 4.69) is 0 Å². The van der Waals surface area contributed by atoms with Crippen LogP contribution in [0.15, 0.2) is 0 Å². The van der Waals surface area contributed by atoms with Crippen LogP contribution in [-0.4, -0.2) is 39.6 Å². The number of methoxy groups -OCH3 is 1. The Morgan fingerprint density at radius 2 is 1.45 bits per heavy atom. The molecule has 0 heterocycles. The Balaban J connectivity index is 3.25. The summed E-state index contributed by atoms with van der Waals surface area (Å²) < 4.78 is 15.5. The highest BCUT2D eigenvalue weighted by atomic mass is 16.6. The first-order valence-electron chi connectivity index (χ1n) is 4.03. The molecule has 0 spiro atoms. The summed E-state index contributed by atoms with van der Waals surface area (Å²) in [7, 11) is 1.67. The van der Waals surface area contributed by atoms with Crippen molar-refractivity contribution in [2.24, 2.45) is 0 Å². The zero-order valence-corrected chi connectivity index (χ0v) is 7.63. The van der Waals surface area contributed by atoms with E-state index in [9.17, 15) is 0 Å². The average molecular weight is 162 g/mol. The van der Waals surface area contributed by atoms with Gasteiger partial charge >= 0.3 is 0 Å². The highest BCUT2D eigenvalue weighted by Crippen LogP contribution is 1.92. The molecule has 0 amide bonds. The zero-order chi connectivity index (χ0) is 8.53. The molecule has 0 N–H and O–H groups in total. The van der Waals surface area contributed by atoms with Crippen molar-refractivity contribution in [2.75, 3.05) is 33.5 Å². The summed E-state index contributed by atoms with van der Waals surface area (Å²) in [6.45, 7) is 6.62. The van der Waals surface area contributed by atoms with E-state index in [0.717, 1.165) is 13.2 Å². The normalized spacial score (nSPS) is 10.9. The van der Waals surface area contributed by atoms with Crippen LogP contribution in [0, 0.1) is 0 Å². The van der Waals surface area contributed by atoms with Crippen LogP contribution >= 0.6 is 0 Å². The number of rotatable bonds is 7. The van der Waals surface area contributed by atoms with Gasteiger partial charge in [-0.3, -0.25) is 0 Å². The van der Waals surface area contributed by atoms with Gasteiger partial charge in [0.15, 0.2) is 0 Å². The van der Waals surface area contributed by atoms with Gasteiger partial charge in [0.2, 0.25) is 0 Å². The Hall–Kier alpha value is -0.120. The fourth-order valence-corrected chi connectivity index (χ4v) is 0.683. The summed E-state index contributed by atoms with van der Waals surface area (Å²) in [5.41, 5.74) is 0. The first kappa shape index (κ1) is 10.9. The van der Waals surface area contributed by atoms with E-state index in [1.165, 1.54) is 0 Å². The van der Waals surface area contributed by atoms with Gasteiger partial charge in [-0.1, -0.05) is 0 Å². The summed E-state index contributed by atoms with van der Waals surface area (Å²) in [6, 6.07) is 0. The molecule has 0 atom stereocenters. The van der Waals surface area contributed by atoms with Crippen molar-refractivity contribution >= 4 is 0 Å². The lowest BCUT2D eigenvalue weighted by atomic mass is 10.4. The topological polar surface area (TPSA) is 27.7 Å². The number of ether oxygens (including phenoxy) is 3. The Morgan fingerprint density at radius 1 is 1.00 bits per heavy atom. The predicted molar refractivity (Wildman–Crippen MR) is 43.8 cm³/mol. The van der Waals surface area contributed by atoms with Gasteiger partial charge in [-0.15, -0.1) is 0 Å². The Morgan fingerprint density at radius 3 is 1.73 bits per heavy atom. The van der Waals surface area contributed by atoms with Gasteiger partial charge < -0.3 is 14.2 Å². The van der Waals surface area contributed by atoms with Crippen molar-refractivity contribution in [3.63, 3.8) is 0 Å². The van der Waals surface area contributed by atoms with Gasteiger partial charge in [-0.05, 0) is 13.8 Å². The molecule has 0 saturated carbocycles. The van der Waals surface area contributed by atoms with Gasteiger partial charge in [-0.25, -0.2) is 0 Å². The first-order chi connectivity index (χ1) is 5.35. The maximum absolute atomic E-state index is 5.18. The molecule has 0 rings (SSSR count). The molecule has 0 fully saturated rings. The maximum atomic E-state index is 5.18.